The first-order chi connectivity index (χ1) is 15.8. The fraction of sp³-hybridized carbons (Fsp3) is 0.333. The average Bonchev–Trinajstić information content (AvgIpc) is 2.79. The number of benzene rings is 1. The third-order valence-corrected chi connectivity index (χ3v) is 5.69. The van der Waals surface area contributed by atoms with Gasteiger partial charge in [-0.3, -0.25) is 19.1 Å². The minimum Gasteiger partial charge on any atom is -0.287 e. The zero-order valence-electron chi connectivity index (χ0n) is 18.0. The molecule has 1 fully saturated rings. The number of pyridine rings is 1. The van der Waals surface area contributed by atoms with Crippen molar-refractivity contribution in [2.45, 2.75) is 51.2 Å². The first kappa shape index (κ1) is 22.7. The molecular weight excluding hydrogens is 433 g/mol. The molecule has 2 aromatic heterocycles. The van der Waals surface area contributed by atoms with Gasteiger partial charge in [-0.25, -0.2) is 4.68 Å². The van der Waals surface area contributed by atoms with E-state index in [2.05, 4.69) is 5.10 Å². The van der Waals surface area contributed by atoms with Gasteiger partial charge in [0.2, 0.25) is 5.43 Å². The molecular formula is C24H23F3N4O2. The second-order valence-electron chi connectivity index (χ2n) is 8.08. The summed E-state index contributed by atoms with van der Waals surface area (Å²) in [6, 6.07) is 11.2. The molecule has 2 heterocycles. The van der Waals surface area contributed by atoms with Crippen LogP contribution in [0.3, 0.4) is 0 Å². The second kappa shape index (κ2) is 9.17. The minimum absolute atomic E-state index is 0.0847. The Bertz CT molecular complexity index is 1300. The van der Waals surface area contributed by atoms with E-state index in [0.717, 1.165) is 48.9 Å². The average molecular weight is 456 g/mol. The third kappa shape index (κ3) is 4.81. The SMILES string of the molecule is Cc1cc(=O)c(C(=O)n2ccccc2=NC2CCCCC2)nn1-c1ccccc1C(F)(F)F. The molecule has 0 saturated heterocycles. The number of hydrogen-bond acceptors (Lipinski definition) is 4. The molecule has 0 aliphatic heterocycles. The Labute approximate surface area is 188 Å². The van der Waals surface area contributed by atoms with Crippen LogP contribution in [-0.4, -0.2) is 26.3 Å². The molecule has 6 nitrogen and oxygen atoms in total. The highest BCUT2D eigenvalue weighted by Crippen LogP contribution is 2.33. The van der Waals surface area contributed by atoms with Crippen LogP contribution in [0.4, 0.5) is 13.2 Å². The summed E-state index contributed by atoms with van der Waals surface area (Å²) in [5.74, 6) is -0.742. The van der Waals surface area contributed by atoms with Gasteiger partial charge >= 0.3 is 6.18 Å². The van der Waals surface area contributed by atoms with Crippen LogP contribution in [0, 0.1) is 6.92 Å². The van der Waals surface area contributed by atoms with Gasteiger partial charge in [-0.15, -0.1) is 0 Å². The third-order valence-electron chi connectivity index (χ3n) is 5.69. The highest BCUT2D eigenvalue weighted by molar-refractivity contribution is 5.93. The van der Waals surface area contributed by atoms with Gasteiger partial charge < -0.3 is 0 Å². The first-order valence-corrected chi connectivity index (χ1v) is 10.8. The molecule has 1 saturated carbocycles. The highest BCUT2D eigenvalue weighted by atomic mass is 19.4. The number of carbonyl (C=O) groups excluding carboxylic acids is 1. The van der Waals surface area contributed by atoms with Crippen molar-refractivity contribution < 1.29 is 18.0 Å². The van der Waals surface area contributed by atoms with Crippen LogP contribution in [0.25, 0.3) is 5.69 Å². The van der Waals surface area contributed by atoms with Gasteiger partial charge in [-0.1, -0.05) is 37.5 Å². The molecule has 0 N–H and O–H groups in total. The fourth-order valence-corrected chi connectivity index (χ4v) is 4.06. The largest absolute Gasteiger partial charge is 0.418 e. The summed E-state index contributed by atoms with van der Waals surface area (Å²) in [4.78, 5) is 30.7. The number of alkyl halides is 3. The van der Waals surface area contributed by atoms with Crippen LogP contribution in [0.1, 0.15) is 53.8 Å². The van der Waals surface area contributed by atoms with E-state index in [-0.39, 0.29) is 17.4 Å². The van der Waals surface area contributed by atoms with E-state index in [1.165, 1.54) is 35.9 Å². The van der Waals surface area contributed by atoms with Gasteiger partial charge in [0.15, 0.2) is 5.69 Å². The smallest absolute Gasteiger partial charge is 0.287 e. The minimum atomic E-state index is -4.63. The van der Waals surface area contributed by atoms with Gasteiger partial charge in [0.1, 0.15) is 5.49 Å². The van der Waals surface area contributed by atoms with Crippen molar-refractivity contribution in [2.75, 3.05) is 0 Å². The van der Waals surface area contributed by atoms with E-state index >= 15 is 0 Å². The second-order valence-corrected chi connectivity index (χ2v) is 8.08. The summed E-state index contributed by atoms with van der Waals surface area (Å²) in [5.41, 5.74) is -1.76. The zero-order chi connectivity index (χ0) is 23.6. The van der Waals surface area contributed by atoms with E-state index < -0.39 is 28.8 Å². The van der Waals surface area contributed by atoms with Gasteiger partial charge in [0.05, 0.1) is 17.3 Å². The Hall–Kier alpha value is -3.49. The van der Waals surface area contributed by atoms with Crippen molar-refractivity contribution >= 4 is 5.91 Å². The number of nitrogens with zero attached hydrogens (tertiary/aromatic N) is 4. The van der Waals surface area contributed by atoms with Crippen molar-refractivity contribution in [2.24, 2.45) is 4.99 Å². The lowest BCUT2D eigenvalue weighted by Gasteiger charge is -2.18. The van der Waals surface area contributed by atoms with E-state index in [0.29, 0.717) is 5.49 Å². The van der Waals surface area contributed by atoms with Crippen LogP contribution in [0.15, 0.2) is 64.5 Å². The standard InChI is InChI=1S/C24H23F3N4O2/c1-16-15-20(32)22(29-31(16)19-12-6-5-11-18(19)24(25,26)27)23(33)30-14-8-7-13-21(30)28-17-9-3-2-4-10-17/h5-8,11-15,17H,2-4,9-10H2,1H3. The zero-order valence-corrected chi connectivity index (χ0v) is 18.0. The predicted molar refractivity (Wildman–Crippen MR) is 116 cm³/mol. The Balaban J connectivity index is 1.82. The lowest BCUT2D eigenvalue weighted by molar-refractivity contribution is -0.137. The predicted octanol–water partition coefficient (Wildman–Crippen LogP) is 4.28. The number of hydrogen-bond donors (Lipinski definition) is 0. The number of halogens is 3. The summed E-state index contributed by atoms with van der Waals surface area (Å²) in [6.07, 6.45) is 2.00. The van der Waals surface area contributed by atoms with Crippen LogP contribution in [0.2, 0.25) is 0 Å². The van der Waals surface area contributed by atoms with Gasteiger partial charge in [0, 0.05) is 18.0 Å². The molecule has 3 aromatic rings. The van der Waals surface area contributed by atoms with Gasteiger partial charge in [-0.05, 0) is 44.0 Å². The molecule has 0 spiro atoms. The van der Waals surface area contributed by atoms with Crippen LogP contribution in [-0.2, 0) is 6.18 Å². The molecule has 0 unspecified atom stereocenters. The lowest BCUT2D eigenvalue weighted by Crippen LogP contribution is -2.34. The number of para-hydroxylation sites is 1. The maximum atomic E-state index is 13.6. The maximum Gasteiger partial charge on any atom is 0.418 e. The normalized spacial score (nSPS) is 15.6. The Morgan fingerprint density at radius 2 is 1.76 bits per heavy atom. The molecule has 1 aliphatic carbocycles. The summed E-state index contributed by atoms with van der Waals surface area (Å²) in [5, 5.41) is 4.07. The van der Waals surface area contributed by atoms with Crippen LogP contribution in [0.5, 0.6) is 0 Å². The van der Waals surface area contributed by atoms with Crippen molar-refractivity contribution in [3.8, 4) is 5.69 Å². The number of aryl methyl sites for hydroxylation is 1. The molecule has 0 atom stereocenters. The first-order valence-electron chi connectivity index (χ1n) is 10.8. The van der Waals surface area contributed by atoms with Crippen molar-refractivity contribution in [3.05, 3.63) is 87.4 Å². The highest BCUT2D eigenvalue weighted by Gasteiger charge is 2.34. The molecule has 172 valence electrons. The molecule has 33 heavy (non-hydrogen) atoms. The topological polar surface area (TPSA) is 69.2 Å². The van der Waals surface area contributed by atoms with Crippen LogP contribution >= 0.6 is 0 Å². The summed E-state index contributed by atoms with van der Waals surface area (Å²) in [6.45, 7) is 1.47. The lowest BCUT2D eigenvalue weighted by atomic mass is 9.96. The van der Waals surface area contributed by atoms with Crippen molar-refractivity contribution in [1.29, 1.82) is 0 Å². The molecule has 0 amide bonds. The summed E-state index contributed by atoms with van der Waals surface area (Å²) < 4.78 is 42.9. The monoisotopic (exact) mass is 456 g/mol. The molecule has 1 aliphatic rings. The summed E-state index contributed by atoms with van der Waals surface area (Å²) >= 11 is 0. The van der Waals surface area contributed by atoms with E-state index in [1.54, 1.807) is 18.2 Å². The van der Waals surface area contributed by atoms with E-state index in [9.17, 15) is 22.8 Å². The molecule has 0 radical (unpaired) electrons. The molecule has 9 heteroatoms. The van der Waals surface area contributed by atoms with Crippen molar-refractivity contribution in [3.63, 3.8) is 0 Å². The summed E-state index contributed by atoms with van der Waals surface area (Å²) in [7, 11) is 0. The molecule has 0 bridgehead atoms. The molecule has 1 aromatic carbocycles. The molecule has 4 rings (SSSR count). The fourth-order valence-electron chi connectivity index (χ4n) is 4.06. The quantitative estimate of drug-likeness (QED) is 0.591. The van der Waals surface area contributed by atoms with Crippen LogP contribution < -0.4 is 10.9 Å². The Morgan fingerprint density at radius 1 is 1.06 bits per heavy atom. The maximum absolute atomic E-state index is 13.6. The Morgan fingerprint density at radius 3 is 2.48 bits per heavy atom. The van der Waals surface area contributed by atoms with Crippen molar-refractivity contribution in [1.82, 2.24) is 14.3 Å². The van der Waals surface area contributed by atoms with Gasteiger partial charge in [0.25, 0.3) is 5.91 Å². The number of aromatic nitrogens is 3. The van der Waals surface area contributed by atoms with Gasteiger partial charge in [-0.2, -0.15) is 18.3 Å². The Kier molecular flexibility index (Phi) is 6.31. The number of carbonyl (C=O) groups is 1. The van der Waals surface area contributed by atoms with E-state index in [4.69, 9.17) is 4.99 Å². The number of rotatable bonds is 3. The van der Waals surface area contributed by atoms with E-state index in [1.807, 2.05) is 0 Å².